The van der Waals surface area contributed by atoms with Crippen LogP contribution in [0.4, 0.5) is 0 Å². The lowest BCUT2D eigenvalue weighted by molar-refractivity contribution is -0.163. The highest BCUT2D eigenvalue weighted by Gasteiger charge is 2.45. The fraction of sp³-hybridized carbons (Fsp3) is 0.933. The van der Waals surface area contributed by atoms with Crippen molar-refractivity contribution in [2.24, 2.45) is 0 Å². The second-order valence-electron chi connectivity index (χ2n) is 6.35. The summed E-state index contributed by atoms with van der Waals surface area (Å²) in [5.41, 5.74) is 0. The zero-order valence-corrected chi connectivity index (χ0v) is 12.6. The number of carbonyl (C=O) groups excluding carboxylic acids is 1. The Labute approximate surface area is 120 Å². The molecule has 0 aliphatic carbocycles. The van der Waals surface area contributed by atoms with Gasteiger partial charge in [-0.25, -0.2) is 0 Å². The Kier molecular flexibility index (Phi) is 5.04. The Hall–Kier alpha value is -0.650. The number of hydrogen-bond acceptors (Lipinski definition) is 5. The van der Waals surface area contributed by atoms with Crippen LogP contribution in [0.25, 0.3) is 0 Å². The van der Waals surface area contributed by atoms with Crippen LogP contribution in [-0.2, 0) is 19.0 Å². The van der Waals surface area contributed by atoms with Gasteiger partial charge in [-0.15, -0.1) is 0 Å². The maximum absolute atomic E-state index is 11.8. The molecular formula is C15H26O5. The molecule has 116 valence electrons. The van der Waals surface area contributed by atoms with Crippen molar-refractivity contribution < 1.29 is 24.1 Å². The van der Waals surface area contributed by atoms with E-state index in [9.17, 15) is 9.90 Å². The van der Waals surface area contributed by atoms with Crippen LogP contribution in [-0.4, -0.2) is 41.3 Å². The maximum Gasteiger partial charge on any atom is 0.308 e. The molecule has 0 amide bonds. The summed E-state index contributed by atoms with van der Waals surface area (Å²) in [6, 6.07) is 0. The summed E-state index contributed by atoms with van der Waals surface area (Å²) < 4.78 is 16.9. The number of hydrogen-bond donors (Lipinski definition) is 1. The summed E-state index contributed by atoms with van der Waals surface area (Å²) in [5.74, 6) is -1.06. The van der Waals surface area contributed by atoms with Crippen molar-refractivity contribution in [3.05, 3.63) is 0 Å². The van der Waals surface area contributed by atoms with Gasteiger partial charge in [0.1, 0.15) is 6.10 Å². The molecule has 20 heavy (non-hydrogen) atoms. The highest BCUT2D eigenvalue weighted by molar-refractivity contribution is 5.70. The smallest absolute Gasteiger partial charge is 0.308 e. The first kappa shape index (κ1) is 15.7. The van der Waals surface area contributed by atoms with Crippen LogP contribution < -0.4 is 0 Å². The number of esters is 1. The lowest BCUT2D eigenvalue weighted by Crippen LogP contribution is -2.37. The summed E-state index contributed by atoms with van der Waals surface area (Å²) in [6.07, 6.45) is 3.29. The van der Waals surface area contributed by atoms with Gasteiger partial charge >= 0.3 is 5.97 Å². The van der Waals surface area contributed by atoms with E-state index in [0.29, 0.717) is 0 Å². The monoisotopic (exact) mass is 286 g/mol. The highest BCUT2D eigenvalue weighted by Crippen LogP contribution is 2.33. The van der Waals surface area contributed by atoms with Crippen LogP contribution in [0.2, 0.25) is 0 Å². The molecule has 5 heteroatoms. The lowest BCUT2D eigenvalue weighted by atomic mass is 9.99. The molecule has 0 aromatic carbocycles. The van der Waals surface area contributed by atoms with Crippen LogP contribution >= 0.6 is 0 Å². The molecule has 0 aromatic rings. The van der Waals surface area contributed by atoms with Gasteiger partial charge in [-0.2, -0.15) is 0 Å². The van der Waals surface area contributed by atoms with E-state index in [2.05, 4.69) is 0 Å². The first-order chi connectivity index (χ1) is 9.37. The van der Waals surface area contributed by atoms with Crippen LogP contribution in [0.3, 0.4) is 0 Å². The van der Waals surface area contributed by atoms with Crippen molar-refractivity contribution in [3.8, 4) is 0 Å². The average molecular weight is 286 g/mol. The molecule has 1 N–H and O–H groups in total. The predicted octanol–water partition coefficient (Wildman–Crippen LogP) is 2.15. The number of rotatable bonds is 0. The Morgan fingerprint density at radius 1 is 1.15 bits per heavy atom. The molecule has 0 bridgehead atoms. The van der Waals surface area contributed by atoms with E-state index in [4.69, 9.17) is 14.2 Å². The quantitative estimate of drug-likeness (QED) is 0.691. The third kappa shape index (κ3) is 4.17. The van der Waals surface area contributed by atoms with Crippen molar-refractivity contribution in [1.29, 1.82) is 0 Å². The summed E-state index contributed by atoms with van der Waals surface area (Å²) in [4.78, 5) is 11.8. The second kappa shape index (κ2) is 6.41. The molecule has 0 aromatic heterocycles. The van der Waals surface area contributed by atoms with Crippen LogP contribution in [0.1, 0.15) is 59.3 Å². The Balaban J connectivity index is 2.05. The SMILES string of the molecule is C[C@@H]1CCCCC[C@@H]2OC(C)(C)O[C@@H]2C(O)CC(=O)O1. The van der Waals surface area contributed by atoms with Crippen molar-refractivity contribution in [2.75, 3.05) is 0 Å². The van der Waals surface area contributed by atoms with Gasteiger partial charge in [-0.3, -0.25) is 4.79 Å². The van der Waals surface area contributed by atoms with Crippen LogP contribution in [0, 0.1) is 0 Å². The molecule has 0 radical (unpaired) electrons. The molecule has 2 fully saturated rings. The second-order valence-corrected chi connectivity index (χ2v) is 6.35. The van der Waals surface area contributed by atoms with E-state index in [-0.39, 0.29) is 24.6 Å². The maximum atomic E-state index is 11.8. The average Bonchev–Trinajstić information content (AvgIpc) is 2.62. The number of aliphatic hydroxyl groups is 1. The molecule has 0 spiro atoms. The molecule has 5 nitrogen and oxygen atoms in total. The third-order valence-corrected chi connectivity index (χ3v) is 3.91. The summed E-state index contributed by atoms with van der Waals surface area (Å²) >= 11 is 0. The predicted molar refractivity (Wildman–Crippen MR) is 73.1 cm³/mol. The topological polar surface area (TPSA) is 65.0 Å². The molecular weight excluding hydrogens is 260 g/mol. The third-order valence-electron chi connectivity index (χ3n) is 3.91. The molecule has 2 aliphatic heterocycles. The molecule has 1 unspecified atom stereocenters. The Morgan fingerprint density at radius 2 is 1.85 bits per heavy atom. The molecule has 2 saturated heterocycles. The molecule has 4 atom stereocenters. The largest absolute Gasteiger partial charge is 0.463 e. The minimum atomic E-state index is -0.874. The first-order valence-electron chi connectivity index (χ1n) is 7.60. The molecule has 0 saturated carbocycles. The van der Waals surface area contributed by atoms with Gasteiger partial charge in [-0.1, -0.05) is 12.8 Å². The van der Waals surface area contributed by atoms with Gasteiger partial charge in [0.2, 0.25) is 0 Å². The standard InChI is InChI=1S/C15H26O5/c1-10-7-5-4-6-8-12-14(20-15(2,3)19-12)11(16)9-13(17)18-10/h10-12,14,16H,4-9H2,1-3H3/t10-,11?,12+,14-/m1/s1. The zero-order chi connectivity index (χ0) is 14.8. The number of cyclic esters (lactones) is 1. The van der Waals surface area contributed by atoms with Gasteiger partial charge < -0.3 is 19.3 Å². The van der Waals surface area contributed by atoms with E-state index in [1.165, 1.54) is 0 Å². The van der Waals surface area contributed by atoms with Gasteiger partial charge in [0, 0.05) is 0 Å². The summed E-state index contributed by atoms with van der Waals surface area (Å²) in [6.45, 7) is 5.58. The van der Waals surface area contributed by atoms with Crippen molar-refractivity contribution >= 4 is 5.97 Å². The van der Waals surface area contributed by atoms with Crippen molar-refractivity contribution in [2.45, 2.75) is 89.5 Å². The van der Waals surface area contributed by atoms with Crippen molar-refractivity contribution in [3.63, 3.8) is 0 Å². The summed E-state index contributed by atoms with van der Waals surface area (Å²) in [5, 5.41) is 10.2. The first-order valence-corrected chi connectivity index (χ1v) is 7.60. The Morgan fingerprint density at radius 3 is 2.60 bits per heavy atom. The van der Waals surface area contributed by atoms with Crippen molar-refractivity contribution in [1.82, 2.24) is 0 Å². The number of fused-ring (bicyclic) bond motifs is 1. The zero-order valence-electron chi connectivity index (χ0n) is 12.6. The Bertz CT molecular complexity index is 341. The number of aliphatic hydroxyl groups excluding tert-OH is 1. The summed E-state index contributed by atoms with van der Waals surface area (Å²) in [7, 11) is 0. The van der Waals surface area contributed by atoms with E-state index in [0.717, 1.165) is 32.1 Å². The van der Waals surface area contributed by atoms with Gasteiger partial charge in [0.25, 0.3) is 0 Å². The minimum absolute atomic E-state index is 0.0368. The van der Waals surface area contributed by atoms with E-state index >= 15 is 0 Å². The van der Waals surface area contributed by atoms with Gasteiger partial charge in [0.15, 0.2) is 5.79 Å². The fourth-order valence-corrected chi connectivity index (χ4v) is 2.98. The van der Waals surface area contributed by atoms with E-state index in [1.807, 2.05) is 20.8 Å². The van der Waals surface area contributed by atoms with Crippen LogP contribution in [0.15, 0.2) is 0 Å². The number of carbonyl (C=O) groups is 1. The van der Waals surface area contributed by atoms with Gasteiger partial charge in [0.05, 0.1) is 24.7 Å². The normalized spacial score (nSPS) is 39.3. The highest BCUT2D eigenvalue weighted by atomic mass is 16.8. The lowest BCUT2D eigenvalue weighted by Gasteiger charge is -2.23. The number of ether oxygens (including phenoxy) is 3. The van der Waals surface area contributed by atoms with E-state index < -0.39 is 18.0 Å². The van der Waals surface area contributed by atoms with E-state index in [1.54, 1.807) is 0 Å². The van der Waals surface area contributed by atoms with Gasteiger partial charge in [-0.05, 0) is 40.0 Å². The molecule has 2 aliphatic rings. The fourth-order valence-electron chi connectivity index (χ4n) is 2.98. The molecule has 2 heterocycles. The van der Waals surface area contributed by atoms with Crippen LogP contribution in [0.5, 0.6) is 0 Å². The minimum Gasteiger partial charge on any atom is -0.463 e. The molecule has 2 rings (SSSR count).